The van der Waals surface area contributed by atoms with Crippen LogP contribution in [-0.2, 0) is 17.6 Å². The number of nitrogens with one attached hydrogen (secondary N) is 1. The molecule has 0 bridgehead atoms. The molecule has 0 aliphatic carbocycles. The third kappa shape index (κ3) is 3.74. The molecule has 1 aromatic heterocycles. The molecule has 0 spiro atoms. The van der Waals surface area contributed by atoms with Crippen LogP contribution in [0.4, 0.5) is 5.00 Å². The molecule has 0 fully saturated rings. The van der Waals surface area contributed by atoms with E-state index in [1.807, 2.05) is 44.2 Å². The number of rotatable bonds is 6. The van der Waals surface area contributed by atoms with Gasteiger partial charge in [0.2, 0.25) is 5.91 Å². The lowest BCUT2D eigenvalue weighted by atomic mass is 10.1. The Hall–Kier alpha value is -2.14. The summed E-state index contributed by atoms with van der Waals surface area (Å²) in [4.78, 5) is 24.8. The van der Waals surface area contributed by atoms with Gasteiger partial charge in [0.05, 0.1) is 5.56 Å². The Morgan fingerprint density at radius 1 is 1.23 bits per heavy atom. The highest BCUT2D eigenvalue weighted by Crippen LogP contribution is 2.33. The average Bonchev–Trinajstić information content (AvgIpc) is 2.81. The number of hydrogen-bond acceptors (Lipinski definition) is 3. The number of anilines is 1. The summed E-state index contributed by atoms with van der Waals surface area (Å²) in [5.74, 6) is -0.588. The van der Waals surface area contributed by atoms with E-state index in [1.54, 1.807) is 0 Å². The van der Waals surface area contributed by atoms with Crippen molar-refractivity contribution in [2.75, 3.05) is 5.32 Å². The van der Waals surface area contributed by atoms with E-state index in [4.69, 9.17) is 5.73 Å². The van der Waals surface area contributed by atoms with Crippen molar-refractivity contribution in [1.82, 2.24) is 0 Å². The Morgan fingerprint density at radius 3 is 2.50 bits per heavy atom. The summed E-state index contributed by atoms with van der Waals surface area (Å²) < 4.78 is 0. The SMILES string of the molecule is CCc1c(C)sc(NC(=O)CCc2ccccc2)c1C(N)=O. The predicted octanol–water partition coefficient (Wildman–Crippen LogP) is 3.29. The fourth-order valence-electron chi connectivity index (χ4n) is 2.44. The van der Waals surface area contributed by atoms with Crippen molar-refractivity contribution in [3.63, 3.8) is 0 Å². The third-order valence-corrected chi connectivity index (χ3v) is 4.61. The number of primary amides is 1. The minimum absolute atomic E-state index is 0.102. The van der Waals surface area contributed by atoms with Gasteiger partial charge in [-0.15, -0.1) is 11.3 Å². The van der Waals surface area contributed by atoms with E-state index in [-0.39, 0.29) is 5.91 Å². The Labute approximate surface area is 134 Å². The minimum Gasteiger partial charge on any atom is -0.365 e. The zero-order valence-corrected chi connectivity index (χ0v) is 13.6. The second-order valence-electron chi connectivity index (χ2n) is 5.09. The number of carbonyl (C=O) groups is 2. The maximum Gasteiger partial charge on any atom is 0.251 e. The molecule has 0 saturated carbocycles. The molecule has 2 amide bonds. The van der Waals surface area contributed by atoms with Gasteiger partial charge in [0.1, 0.15) is 5.00 Å². The van der Waals surface area contributed by atoms with Crippen LogP contribution in [0.5, 0.6) is 0 Å². The minimum atomic E-state index is -0.487. The first kappa shape index (κ1) is 16.2. The molecule has 22 heavy (non-hydrogen) atoms. The quantitative estimate of drug-likeness (QED) is 0.858. The van der Waals surface area contributed by atoms with Gasteiger partial charge in [0, 0.05) is 11.3 Å². The van der Waals surface area contributed by atoms with E-state index in [9.17, 15) is 9.59 Å². The summed E-state index contributed by atoms with van der Waals surface area (Å²) in [7, 11) is 0. The third-order valence-electron chi connectivity index (χ3n) is 3.55. The molecule has 0 aliphatic rings. The Kier molecular flexibility index (Phi) is 5.33. The van der Waals surface area contributed by atoms with E-state index < -0.39 is 5.91 Å². The fraction of sp³-hybridized carbons (Fsp3) is 0.294. The lowest BCUT2D eigenvalue weighted by Gasteiger charge is -2.06. The maximum absolute atomic E-state index is 12.1. The first-order chi connectivity index (χ1) is 10.5. The number of nitrogens with two attached hydrogens (primary N) is 1. The number of hydrogen-bond donors (Lipinski definition) is 2. The monoisotopic (exact) mass is 316 g/mol. The molecule has 4 nitrogen and oxygen atoms in total. The summed E-state index contributed by atoms with van der Waals surface area (Å²) in [5, 5.41) is 3.41. The first-order valence-corrected chi connectivity index (χ1v) is 8.10. The highest BCUT2D eigenvalue weighted by molar-refractivity contribution is 7.16. The van der Waals surface area contributed by atoms with Gasteiger partial charge in [-0.2, -0.15) is 0 Å². The summed E-state index contributed by atoms with van der Waals surface area (Å²) in [6.45, 7) is 3.91. The van der Waals surface area contributed by atoms with Crippen LogP contribution < -0.4 is 11.1 Å². The largest absolute Gasteiger partial charge is 0.365 e. The van der Waals surface area contributed by atoms with E-state index in [0.29, 0.717) is 23.4 Å². The molecule has 0 saturated heterocycles. The van der Waals surface area contributed by atoms with Crippen molar-refractivity contribution in [3.05, 3.63) is 51.9 Å². The first-order valence-electron chi connectivity index (χ1n) is 7.28. The van der Waals surface area contributed by atoms with Crippen LogP contribution in [0.25, 0.3) is 0 Å². The molecule has 2 aromatic rings. The lowest BCUT2D eigenvalue weighted by molar-refractivity contribution is -0.116. The molecule has 5 heteroatoms. The number of amides is 2. The molecule has 0 atom stereocenters. The van der Waals surface area contributed by atoms with Gasteiger partial charge in [0.25, 0.3) is 5.91 Å². The van der Waals surface area contributed by atoms with E-state index in [1.165, 1.54) is 11.3 Å². The molecule has 116 valence electrons. The van der Waals surface area contributed by atoms with Crippen LogP contribution in [0.3, 0.4) is 0 Å². The Morgan fingerprint density at radius 2 is 1.91 bits per heavy atom. The number of carbonyl (C=O) groups excluding carboxylic acids is 2. The van der Waals surface area contributed by atoms with Crippen molar-refractivity contribution in [1.29, 1.82) is 0 Å². The van der Waals surface area contributed by atoms with Crippen molar-refractivity contribution in [3.8, 4) is 0 Å². The molecule has 3 N–H and O–H groups in total. The topological polar surface area (TPSA) is 72.2 Å². The Bertz CT molecular complexity index is 677. The summed E-state index contributed by atoms with van der Waals surface area (Å²) in [6.07, 6.45) is 1.77. The summed E-state index contributed by atoms with van der Waals surface area (Å²) >= 11 is 1.41. The van der Waals surface area contributed by atoms with Crippen molar-refractivity contribution < 1.29 is 9.59 Å². The molecule has 1 heterocycles. The molecule has 0 unspecified atom stereocenters. The van der Waals surface area contributed by atoms with E-state index in [2.05, 4.69) is 5.32 Å². The molecular weight excluding hydrogens is 296 g/mol. The highest BCUT2D eigenvalue weighted by Gasteiger charge is 2.20. The smallest absolute Gasteiger partial charge is 0.251 e. The second kappa shape index (κ2) is 7.22. The maximum atomic E-state index is 12.1. The molecule has 0 aliphatic heterocycles. The summed E-state index contributed by atoms with van der Waals surface area (Å²) in [5.41, 5.74) is 7.96. The zero-order chi connectivity index (χ0) is 16.1. The van der Waals surface area contributed by atoms with Crippen molar-refractivity contribution in [2.24, 2.45) is 5.73 Å². The fourth-order valence-corrected chi connectivity index (χ4v) is 3.61. The molecule has 2 rings (SSSR count). The number of benzene rings is 1. The van der Waals surface area contributed by atoms with Crippen LogP contribution in [0.2, 0.25) is 0 Å². The normalized spacial score (nSPS) is 10.5. The average molecular weight is 316 g/mol. The lowest BCUT2D eigenvalue weighted by Crippen LogP contribution is -2.18. The van der Waals surface area contributed by atoms with Crippen LogP contribution in [0.1, 0.15) is 39.7 Å². The van der Waals surface area contributed by atoms with Gasteiger partial charge >= 0.3 is 0 Å². The molecule has 1 aromatic carbocycles. The number of thiophene rings is 1. The van der Waals surface area contributed by atoms with Crippen molar-refractivity contribution in [2.45, 2.75) is 33.1 Å². The van der Waals surface area contributed by atoms with Crippen LogP contribution >= 0.6 is 11.3 Å². The second-order valence-corrected chi connectivity index (χ2v) is 6.32. The van der Waals surface area contributed by atoms with Crippen LogP contribution in [-0.4, -0.2) is 11.8 Å². The van der Waals surface area contributed by atoms with Crippen LogP contribution in [0.15, 0.2) is 30.3 Å². The van der Waals surface area contributed by atoms with Crippen LogP contribution in [0, 0.1) is 6.92 Å². The standard InChI is InChI=1S/C17H20N2O2S/c1-3-13-11(2)22-17(15(13)16(18)21)19-14(20)10-9-12-7-5-4-6-8-12/h4-8H,3,9-10H2,1-2H3,(H2,18,21)(H,19,20). The van der Waals surface area contributed by atoms with Gasteiger partial charge in [-0.25, -0.2) is 0 Å². The van der Waals surface area contributed by atoms with Gasteiger partial charge in [0.15, 0.2) is 0 Å². The number of aryl methyl sites for hydroxylation is 2. The van der Waals surface area contributed by atoms with E-state index >= 15 is 0 Å². The van der Waals surface area contributed by atoms with Crippen molar-refractivity contribution >= 4 is 28.2 Å². The Balaban J connectivity index is 2.07. The molecular formula is C17H20N2O2S. The van der Waals surface area contributed by atoms with Gasteiger partial charge < -0.3 is 11.1 Å². The zero-order valence-electron chi connectivity index (χ0n) is 12.8. The van der Waals surface area contributed by atoms with Gasteiger partial charge in [-0.05, 0) is 30.9 Å². The highest BCUT2D eigenvalue weighted by atomic mass is 32.1. The molecule has 0 radical (unpaired) electrons. The predicted molar refractivity (Wildman–Crippen MR) is 90.3 cm³/mol. The van der Waals surface area contributed by atoms with Gasteiger partial charge in [-0.1, -0.05) is 37.3 Å². The van der Waals surface area contributed by atoms with E-state index in [0.717, 1.165) is 22.4 Å². The summed E-state index contributed by atoms with van der Waals surface area (Å²) in [6, 6.07) is 9.84. The van der Waals surface area contributed by atoms with Gasteiger partial charge in [-0.3, -0.25) is 9.59 Å².